The van der Waals surface area contributed by atoms with Gasteiger partial charge in [0.15, 0.2) is 0 Å². The average Bonchev–Trinajstić information content (AvgIpc) is 3.13. The van der Waals surface area contributed by atoms with Gasteiger partial charge < -0.3 is 19.4 Å². The van der Waals surface area contributed by atoms with Crippen molar-refractivity contribution in [1.82, 2.24) is 9.88 Å². The third-order valence-corrected chi connectivity index (χ3v) is 4.85. The zero-order valence-corrected chi connectivity index (χ0v) is 15.0. The fourth-order valence-corrected chi connectivity index (χ4v) is 3.40. The first-order chi connectivity index (χ1) is 12.6. The largest absolute Gasteiger partial charge is 0.497 e. The number of benzene rings is 2. The van der Waals surface area contributed by atoms with Crippen molar-refractivity contribution in [3.05, 3.63) is 65.5 Å². The van der Waals surface area contributed by atoms with Crippen LogP contribution in [0.4, 0.5) is 0 Å². The number of ether oxygens (including phenoxy) is 2. The molecule has 0 spiro atoms. The normalized spacial score (nSPS) is 17.5. The number of rotatable bonds is 3. The number of carbonyl (C=O) groups is 1. The minimum absolute atomic E-state index is 0.0249. The molecular formula is C21H22N2O3. The van der Waals surface area contributed by atoms with Crippen LogP contribution in [-0.4, -0.2) is 42.6 Å². The maximum absolute atomic E-state index is 12.7. The molecule has 1 aliphatic rings. The van der Waals surface area contributed by atoms with Crippen LogP contribution in [-0.2, 0) is 4.74 Å². The van der Waals surface area contributed by atoms with Crippen molar-refractivity contribution in [2.75, 3.05) is 26.8 Å². The molecule has 5 heteroatoms. The van der Waals surface area contributed by atoms with E-state index in [1.165, 1.54) is 0 Å². The Morgan fingerprint density at radius 1 is 1.19 bits per heavy atom. The minimum atomic E-state index is -0.115. The molecule has 1 amide bonds. The Hall–Kier alpha value is -2.79. The number of fused-ring (bicyclic) bond motifs is 1. The summed E-state index contributed by atoms with van der Waals surface area (Å²) in [6.45, 7) is 3.67. The van der Waals surface area contributed by atoms with Crippen LogP contribution in [0.2, 0.25) is 0 Å². The van der Waals surface area contributed by atoms with Gasteiger partial charge in [-0.25, -0.2) is 0 Å². The lowest BCUT2D eigenvalue weighted by Gasteiger charge is -2.33. The van der Waals surface area contributed by atoms with Crippen molar-refractivity contribution in [2.24, 2.45) is 0 Å². The predicted octanol–water partition coefficient (Wildman–Crippen LogP) is 3.70. The van der Waals surface area contributed by atoms with Crippen LogP contribution in [0.5, 0.6) is 5.75 Å². The summed E-state index contributed by atoms with van der Waals surface area (Å²) in [5, 5.41) is 2.26. The molecule has 1 unspecified atom stereocenters. The quantitative estimate of drug-likeness (QED) is 0.784. The lowest BCUT2D eigenvalue weighted by Crippen LogP contribution is -2.42. The number of aryl methyl sites for hydroxylation is 1. The lowest BCUT2D eigenvalue weighted by atomic mass is 10.0. The summed E-state index contributed by atoms with van der Waals surface area (Å²) in [6, 6.07) is 14.2. The Morgan fingerprint density at radius 3 is 2.77 bits per heavy atom. The molecule has 0 bridgehead atoms. The first-order valence-corrected chi connectivity index (χ1v) is 8.77. The van der Waals surface area contributed by atoms with Gasteiger partial charge in [-0.1, -0.05) is 18.2 Å². The Kier molecular flexibility index (Phi) is 4.39. The number of hydrogen-bond acceptors (Lipinski definition) is 3. The molecule has 2 heterocycles. The maximum atomic E-state index is 12.7. The molecule has 1 aromatic heterocycles. The smallest absolute Gasteiger partial charge is 0.270 e. The molecule has 0 saturated carbocycles. The molecule has 26 heavy (non-hydrogen) atoms. The summed E-state index contributed by atoms with van der Waals surface area (Å²) in [4.78, 5) is 17.6. The molecule has 0 radical (unpaired) electrons. The van der Waals surface area contributed by atoms with Crippen LogP contribution in [0.25, 0.3) is 10.8 Å². The van der Waals surface area contributed by atoms with Crippen LogP contribution >= 0.6 is 0 Å². The van der Waals surface area contributed by atoms with E-state index in [0.29, 0.717) is 25.4 Å². The summed E-state index contributed by atoms with van der Waals surface area (Å²) in [6.07, 6.45) is 1.73. The van der Waals surface area contributed by atoms with E-state index in [1.54, 1.807) is 7.11 Å². The van der Waals surface area contributed by atoms with Gasteiger partial charge in [0.2, 0.25) is 0 Å². The van der Waals surface area contributed by atoms with Gasteiger partial charge in [0.05, 0.1) is 20.3 Å². The molecule has 134 valence electrons. The van der Waals surface area contributed by atoms with Gasteiger partial charge in [0, 0.05) is 12.7 Å². The Morgan fingerprint density at radius 2 is 2.00 bits per heavy atom. The first kappa shape index (κ1) is 16.7. The molecule has 5 nitrogen and oxygen atoms in total. The third-order valence-electron chi connectivity index (χ3n) is 4.85. The molecule has 4 rings (SSSR count). The van der Waals surface area contributed by atoms with Gasteiger partial charge >= 0.3 is 0 Å². The van der Waals surface area contributed by atoms with Gasteiger partial charge in [-0.15, -0.1) is 0 Å². The van der Waals surface area contributed by atoms with Crippen LogP contribution in [0.3, 0.4) is 0 Å². The first-order valence-electron chi connectivity index (χ1n) is 8.77. The molecule has 1 aliphatic heterocycles. The molecule has 1 N–H and O–H groups in total. The highest BCUT2D eigenvalue weighted by molar-refractivity contribution is 5.92. The number of methoxy groups -OCH3 is 1. The van der Waals surface area contributed by atoms with Crippen LogP contribution in [0, 0.1) is 6.92 Å². The average molecular weight is 350 g/mol. The Balaban J connectivity index is 1.55. The molecule has 1 atom stereocenters. The summed E-state index contributed by atoms with van der Waals surface area (Å²) < 4.78 is 11.2. The van der Waals surface area contributed by atoms with Crippen LogP contribution < -0.4 is 4.74 Å². The van der Waals surface area contributed by atoms with Crippen LogP contribution in [0.1, 0.15) is 27.7 Å². The summed E-state index contributed by atoms with van der Waals surface area (Å²) in [5.74, 6) is 0.870. The maximum Gasteiger partial charge on any atom is 0.270 e. The minimum Gasteiger partial charge on any atom is -0.497 e. The van der Waals surface area contributed by atoms with Gasteiger partial charge in [0.25, 0.3) is 5.91 Å². The molecule has 1 fully saturated rings. The van der Waals surface area contributed by atoms with E-state index in [2.05, 4.69) is 23.2 Å². The van der Waals surface area contributed by atoms with Gasteiger partial charge in [-0.3, -0.25) is 4.79 Å². The van der Waals surface area contributed by atoms with Gasteiger partial charge in [-0.05, 0) is 53.1 Å². The van der Waals surface area contributed by atoms with E-state index in [0.717, 1.165) is 27.6 Å². The van der Waals surface area contributed by atoms with Crippen molar-refractivity contribution in [3.8, 4) is 5.75 Å². The second-order valence-electron chi connectivity index (χ2n) is 6.67. The van der Waals surface area contributed by atoms with E-state index in [1.807, 2.05) is 42.3 Å². The van der Waals surface area contributed by atoms with Crippen molar-refractivity contribution in [1.29, 1.82) is 0 Å². The number of nitrogens with one attached hydrogen (secondary N) is 1. The molecule has 2 aromatic carbocycles. The van der Waals surface area contributed by atoms with E-state index < -0.39 is 0 Å². The fourth-order valence-electron chi connectivity index (χ4n) is 3.40. The zero-order chi connectivity index (χ0) is 18.1. The van der Waals surface area contributed by atoms with Gasteiger partial charge in [-0.2, -0.15) is 0 Å². The molecule has 1 saturated heterocycles. The SMILES string of the molecule is COc1ccc2cc(C3CN(C(=O)c4cc(C)c[nH]4)CCO3)ccc2c1. The van der Waals surface area contributed by atoms with E-state index in [9.17, 15) is 4.79 Å². The Labute approximate surface area is 152 Å². The third kappa shape index (κ3) is 3.18. The second kappa shape index (κ2) is 6.84. The van der Waals surface area contributed by atoms with Crippen LogP contribution in [0.15, 0.2) is 48.7 Å². The number of aromatic nitrogens is 1. The summed E-state index contributed by atoms with van der Waals surface area (Å²) in [5.41, 5.74) is 2.78. The van der Waals surface area contributed by atoms with Crippen molar-refractivity contribution >= 4 is 16.7 Å². The number of amides is 1. The number of morpholine rings is 1. The van der Waals surface area contributed by atoms with E-state index >= 15 is 0 Å². The second-order valence-corrected chi connectivity index (χ2v) is 6.67. The van der Waals surface area contributed by atoms with Gasteiger partial charge in [0.1, 0.15) is 17.5 Å². The highest BCUT2D eigenvalue weighted by Gasteiger charge is 2.26. The lowest BCUT2D eigenvalue weighted by molar-refractivity contribution is -0.0229. The number of H-pyrrole nitrogens is 1. The monoisotopic (exact) mass is 350 g/mol. The number of nitrogens with zero attached hydrogens (tertiary/aromatic N) is 1. The zero-order valence-electron chi connectivity index (χ0n) is 15.0. The molecule has 3 aromatic rings. The molecular weight excluding hydrogens is 328 g/mol. The van der Waals surface area contributed by atoms with E-state index in [4.69, 9.17) is 9.47 Å². The van der Waals surface area contributed by atoms with Crippen molar-refractivity contribution in [2.45, 2.75) is 13.0 Å². The highest BCUT2D eigenvalue weighted by Crippen LogP contribution is 2.28. The van der Waals surface area contributed by atoms with Crippen molar-refractivity contribution < 1.29 is 14.3 Å². The number of hydrogen-bond donors (Lipinski definition) is 1. The standard InChI is InChI=1S/C21H22N2O3/c1-14-9-19(22-12-14)21(24)23-7-8-26-20(13-23)17-4-3-16-11-18(25-2)6-5-15(16)10-17/h3-6,9-12,20,22H,7-8,13H2,1-2H3. The number of aromatic amines is 1. The molecule has 0 aliphatic carbocycles. The summed E-state index contributed by atoms with van der Waals surface area (Å²) >= 11 is 0. The predicted molar refractivity (Wildman–Crippen MR) is 101 cm³/mol. The topological polar surface area (TPSA) is 54.6 Å². The number of carbonyl (C=O) groups excluding carboxylic acids is 1. The summed E-state index contributed by atoms with van der Waals surface area (Å²) in [7, 11) is 1.67. The van der Waals surface area contributed by atoms with E-state index in [-0.39, 0.29) is 12.0 Å². The Bertz CT molecular complexity index is 947. The van der Waals surface area contributed by atoms with Crippen molar-refractivity contribution in [3.63, 3.8) is 0 Å². The fraction of sp³-hybridized carbons (Fsp3) is 0.286. The highest BCUT2D eigenvalue weighted by atomic mass is 16.5.